The smallest absolute Gasteiger partial charge is 0.269 e. The van der Waals surface area contributed by atoms with Crippen molar-refractivity contribution in [1.82, 2.24) is 5.32 Å². The van der Waals surface area contributed by atoms with Gasteiger partial charge in [-0.2, -0.15) is 0 Å². The van der Waals surface area contributed by atoms with E-state index in [2.05, 4.69) is 12.2 Å². The lowest BCUT2D eigenvalue weighted by Gasteiger charge is -2.03. The van der Waals surface area contributed by atoms with E-state index in [0.717, 1.165) is 35.6 Å². The quantitative estimate of drug-likeness (QED) is 0.496. The van der Waals surface area contributed by atoms with Crippen LogP contribution in [-0.4, -0.2) is 11.5 Å². The lowest BCUT2D eigenvalue weighted by atomic mass is 10.1. The molecular weight excluding hydrogens is 256 g/mol. The molecule has 0 aliphatic rings. The summed E-state index contributed by atoms with van der Waals surface area (Å²) in [6.45, 7) is 5.60. The number of nitro groups is 1. The Bertz CT molecular complexity index is 605. The van der Waals surface area contributed by atoms with E-state index in [9.17, 15) is 10.1 Å². The molecule has 1 aromatic heterocycles. The predicted molar refractivity (Wildman–Crippen MR) is 77.5 cm³/mol. The van der Waals surface area contributed by atoms with Crippen LogP contribution in [0.5, 0.6) is 0 Å². The SMILES string of the molecule is CCCNCc1ccc(-c2ccc([N+](=O)[O-])cc2C)o1. The van der Waals surface area contributed by atoms with Crippen molar-refractivity contribution < 1.29 is 9.34 Å². The molecule has 1 heterocycles. The molecule has 2 aromatic rings. The van der Waals surface area contributed by atoms with Crippen molar-refractivity contribution in [2.24, 2.45) is 0 Å². The van der Waals surface area contributed by atoms with Gasteiger partial charge in [-0.15, -0.1) is 0 Å². The Morgan fingerprint density at radius 1 is 1.30 bits per heavy atom. The van der Waals surface area contributed by atoms with E-state index in [0.29, 0.717) is 6.54 Å². The third-order valence-corrected chi connectivity index (χ3v) is 3.07. The van der Waals surface area contributed by atoms with Crippen LogP contribution in [0.2, 0.25) is 0 Å². The van der Waals surface area contributed by atoms with Gasteiger partial charge in [0.2, 0.25) is 0 Å². The monoisotopic (exact) mass is 274 g/mol. The summed E-state index contributed by atoms with van der Waals surface area (Å²) in [6, 6.07) is 8.62. The highest BCUT2D eigenvalue weighted by Crippen LogP contribution is 2.28. The number of non-ortho nitro benzene ring substituents is 1. The molecule has 20 heavy (non-hydrogen) atoms. The van der Waals surface area contributed by atoms with Crippen LogP contribution >= 0.6 is 0 Å². The van der Waals surface area contributed by atoms with Crippen molar-refractivity contribution in [3.05, 3.63) is 51.8 Å². The molecular formula is C15H18N2O3. The summed E-state index contributed by atoms with van der Waals surface area (Å²) in [5, 5.41) is 14.0. The van der Waals surface area contributed by atoms with Gasteiger partial charge in [-0.25, -0.2) is 0 Å². The zero-order valence-corrected chi connectivity index (χ0v) is 11.7. The summed E-state index contributed by atoms with van der Waals surface area (Å²) in [5.41, 5.74) is 1.82. The van der Waals surface area contributed by atoms with Crippen molar-refractivity contribution >= 4 is 5.69 Å². The summed E-state index contributed by atoms with van der Waals surface area (Å²) in [4.78, 5) is 10.3. The van der Waals surface area contributed by atoms with Gasteiger partial charge in [-0.1, -0.05) is 6.92 Å². The molecule has 0 amide bonds. The van der Waals surface area contributed by atoms with Crippen LogP contribution in [0.4, 0.5) is 5.69 Å². The molecule has 0 saturated heterocycles. The van der Waals surface area contributed by atoms with Crippen molar-refractivity contribution in [2.45, 2.75) is 26.8 Å². The number of rotatable bonds is 6. The molecule has 0 spiro atoms. The molecule has 0 atom stereocenters. The lowest BCUT2D eigenvalue weighted by Crippen LogP contribution is -2.12. The molecule has 5 nitrogen and oxygen atoms in total. The van der Waals surface area contributed by atoms with E-state index < -0.39 is 0 Å². The molecule has 0 aliphatic carbocycles. The molecule has 5 heteroatoms. The number of nitrogens with one attached hydrogen (secondary N) is 1. The molecule has 0 aliphatic heterocycles. The molecule has 1 aromatic carbocycles. The van der Waals surface area contributed by atoms with Gasteiger partial charge in [-0.3, -0.25) is 10.1 Å². The zero-order chi connectivity index (χ0) is 14.5. The van der Waals surface area contributed by atoms with Crippen LogP contribution in [0.3, 0.4) is 0 Å². The summed E-state index contributed by atoms with van der Waals surface area (Å²) in [6.07, 6.45) is 1.08. The van der Waals surface area contributed by atoms with E-state index in [1.807, 2.05) is 19.1 Å². The van der Waals surface area contributed by atoms with E-state index in [-0.39, 0.29) is 10.6 Å². The number of hydrogen-bond donors (Lipinski definition) is 1. The first kappa shape index (κ1) is 14.3. The van der Waals surface area contributed by atoms with E-state index in [4.69, 9.17) is 4.42 Å². The van der Waals surface area contributed by atoms with Crippen molar-refractivity contribution in [3.63, 3.8) is 0 Å². The molecule has 0 unspecified atom stereocenters. The highest BCUT2D eigenvalue weighted by atomic mass is 16.6. The molecule has 0 saturated carbocycles. The van der Waals surface area contributed by atoms with Gasteiger partial charge in [-0.05, 0) is 43.7 Å². The number of benzene rings is 1. The Morgan fingerprint density at radius 3 is 2.75 bits per heavy atom. The normalized spacial score (nSPS) is 10.7. The molecule has 0 fully saturated rings. The van der Waals surface area contributed by atoms with Crippen LogP contribution in [0.25, 0.3) is 11.3 Å². The minimum absolute atomic E-state index is 0.0997. The molecule has 0 bridgehead atoms. The Balaban J connectivity index is 2.17. The Morgan fingerprint density at radius 2 is 2.10 bits per heavy atom. The Hall–Kier alpha value is -2.14. The average molecular weight is 274 g/mol. The second-order valence-corrected chi connectivity index (χ2v) is 4.70. The number of aryl methyl sites for hydroxylation is 1. The summed E-state index contributed by atoms with van der Waals surface area (Å²) < 4.78 is 5.77. The topological polar surface area (TPSA) is 68.3 Å². The third kappa shape index (κ3) is 3.24. The minimum Gasteiger partial charge on any atom is -0.460 e. The molecule has 1 N–H and O–H groups in total. The van der Waals surface area contributed by atoms with Gasteiger partial charge in [0.15, 0.2) is 0 Å². The Kier molecular flexibility index (Phi) is 4.53. The largest absolute Gasteiger partial charge is 0.460 e. The first-order valence-electron chi connectivity index (χ1n) is 6.66. The maximum absolute atomic E-state index is 10.7. The number of nitrogens with zero attached hydrogens (tertiary/aromatic N) is 1. The van der Waals surface area contributed by atoms with E-state index >= 15 is 0 Å². The van der Waals surface area contributed by atoms with Gasteiger partial charge in [0, 0.05) is 17.7 Å². The summed E-state index contributed by atoms with van der Waals surface area (Å²) in [5.74, 6) is 1.61. The van der Waals surface area contributed by atoms with Crippen LogP contribution in [-0.2, 0) is 6.54 Å². The van der Waals surface area contributed by atoms with Crippen LogP contribution in [0, 0.1) is 17.0 Å². The third-order valence-electron chi connectivity index (χ3n) is 3.07. The molecule has 106 valence electrons. The zero-order valence-electron chi connectivity index (χ0n) is 11.7. The van der Waals surface area contributed by atoms with Crippen LogP contribution in [0.15, 0.2) is 34.7 Å². The highest BCUT2D eigenvalue weighted by molar-refractivity contribution is 5.64. The number of hydrogen-bond acceptors (Lipinski definition) is 4. The van der Waals surface area contributed by atoms with E-state index in [1.54, 1.807) is 12.1 Å². The second-order valence-electron chi connectivity index (χ2n) is 4.70. The first-order chi connectivity index (χ1) is 9.61. The Labute approximate surface area is 117 Å². The minimum atomic E-state index is -0.390. The average Bonchev–Trinajstić information content (AvgIpc) is 2.87. The predicted octanol–water partition coefficient (Wildman–Crippen LogP) is 3.66. The van der Waals surface area contributed by atoms with Crippen LogP contribution < -0.4 is 5.32 Å². The fraction of sp³-hybridized carbons (Fsp3) is 0.333. The standard InChI is InChI=1S/C15H18N2O3/c1-3-8-16-10-13-5-7-15(20-13)14-6-4-12(17(18)19)9-11(14)2/h4-7,9,16H,3,8,10H2,1-2H3. The highest BCUT2D eigenvalue weighted by Gasteiger charge is 2.12. The van der Waals surface area contributed by atoms with Gasteiger partial charge in [0.1, 0.15) is 11.5 Å². The van der Waals surface area contributed by atoms with Crippen LogP contribution in [0.1, 0.15) is 24.7 Å². The lowest BCUT2D eigenvalue weighted by molar-refractivity contribution is -0.384. The van der Waals surface area contributed by atoms with Gasteiger partial charge >= 0.3 is 0 Å². The van der Waals surface area contributed by atoms with Crippen molar-refractivity contribution in [3.8, 4) is 11.3 Å². The van der Waals surface area contributed by atoms with Crippen molar-refractivity contribution in [2.75, 3.05) is 6.54 Å². The maximum atomic E-state index is 10.7. The fourth-order valence-electron chi connectivity index (χ4n) is 2.04. The molecule has 0 radical (unpaired) electrons. The van der Waals surface area contributed by atoms with Gasteiger partial charge < -0.3 is 9.73 Å². The fourth-order valence-corrected chi connectivity index (χ4v) is 2.04. The summed E-state index contributed by atoms with van der Waals surface area (Å²) in [7, 11) is 0. The van der Waals surface area contributed by atoms with Crippen molar-refractivity contribution in [1.29, 1.82) is 0 Å². The van der Waals surface area contributed by atoms with Gasteiger partial charge in [0.25, 0.3) is 5.69 Å². The summed E-state index contributed by atoms with van der Waals surface area (Å²) >= 11 is 0. The van der Waals surface area contributed by atoms with Gasteiger partial charge in [0.05, 0.1) is 11.5 Å². The molecule has 2 rings (SSSR count). The van der Waals surface area contributed by atoms with E-state index in [1.165, 1.54) is 6.07 Å². The number of nitro benzene ring substituents is 1. The maximum Gasteiger partial charge on any atom is 0.269 e. The number of furan rings is 1. The second kappa shape index (κ2) is 6.34. The first-order valence-corrected chi connectivity index (χ1v) is 6.66.